The van der Waals surface area contributed by atoms with E-state index in [1.54, 1.807) is 30.7 Å². The first kappa shape index (κ1) is 9.47. The Morgan fingerprint density at radius 2 is 2.07 bits per heavy atom. The summed E-state index contributed by atoms with van der Waals surface area (Å²) < 4.78 is 0. The van der Waals surface area contributed by atoms with Gasteiger partial charge in [-0.2, -0.15) is 0 Å². The minimum atomic E-state index is -0.989. The second-order valence-corrected chi connectivity index (χ2v) is 3.33. The Balaban J connectivity index is 2.42. The van der Waals surface area contributed by atoms with Crippen molar-refractivity contribution in [2.24, 2.45) is 17.2 Å². The molecule has 0 aromatic carbocycles. The number of allylic oxidation sites excluding steroid dienone is 1. The van der Waals surface area contributed by atoms with E-state index in [9.17, 15) is 0 Å². The highest BCUT2D eigenvalue weighted by atomic mass is 15.2. The lowest BCUT2D eigenvalue weighted by atomic mass is 10.0. The number of dihydropyridines is 1. The van der Waals surface area contributed by atoms with Crippen LogP contribution in [0.1, 0.15) is 5.69 Å². The van der Waals surface area contributed by atoms with Crippen LogP contribution in [0.4, 0.5) is 0 Å². The Labute approximate surface area is 86.9 Å². The molecule has 0 radical (unpaired) electrons. The minimum absolute atomic E-state index is 0.406. The summed E-state index contributed by atoms with van der Waals surface area (Å²) in [6, 6.07) is 0. The number of hydrogen-bond acceptors (Lipinski definition) is 6. The average molecular weight is 204 g/mol. The zero-order valence-electron chi connectivity index (χ0n) is 8.01. The van der Waals surface area contributed by atoms with E-state index in [-0.39, 0.29) is 0 Å². The molecule has 0 fully saturated rings. The molecule has 1 aliphatic heterocycles. The Morgan fingerprint density at radius 1 is 1.27 bits per heavy atom. The van der Waals surface area contributed by atoms with Crippen LogP contribution in [0.2, 0.25) is 0 Å². The Bertz CT molecular complexity index is 423. The number of nitrogens with two attached hydrogens (primary N) is 3. The van der Waals surface area contributed by atoms with Gasteiger partial charge in [-0.1, -0.05) is 0 Å². The van der Waals surface area contributed by atoms with E-state index in [1.807, 2.05) is 0 Å². The second kappa shape index (κ2) is 3.25. The number of nitrogens with one attached hydrogen (secondary N) is 1. The second-order valence-electron chi connectivity index (χ2n) is 3.33. The summed E-state index contributed by atoms with van der Waals surface area (Å²) in [5, 5.41) is 2.90. The van der Waals surface area contributed by atoms with Gasteiger partial charge in [-0.25, -0.2) is 0 Å². The van der Waals surface area contributed by atoms with Gasteiger partial charge in [-0.15, -0.1) is 0 Å². The summed E-state index contributed by atoms with van der Waals surface area (Å²) in [6.45, 7) is 0. The van der Waals surface area contributed by atoms with Crippen molar-refractivity contribution in [3.63, 3.8) is 0 Å². The lowest BCUT2D eigenvalue weighted by Crippen LogP contribution is -2.52. The number of aromatic nitrogens is 2. The highest BCUT2D eigenvalue weighted by molar-refractivity contribution is 5.33. The predicted molar refractivity (Wildman–Crippen MR) is 55.6 cm³/mol. The summed E-state index contributed by atoms with van der Waals surface area (Å²) in [7, 11) is 0. The van der Waals surface area contributed by atoms with E-state index in [0.29, 0.717) is 17.2 Å². The van der Waals surface area contributed by atoms with Gasteiger partial charge in [0.25, 0.3) is 0 Å². The first-order valence-electron chi connectivity index (χ1n) is 4.39. The summed E-state index contributed by atoms with van der Waals surface area (Å²) in [6.07, 6.45) is 7.94. The fraction of sp³-hybridized carbons (Fsp3) is 0.111. The minimum Gasteiger partial charge on any atom is -0.399 e. The maximum Gasteiger partial charge on any atom is 0.154 e. The standard InChI is InChI=1S/C9H12N6/c10-6-3-8(11)15-9(12,4-6)7-5-13-1-2-14-7/h1-5,15H,10-12H2. The molecule has 6 nitrogen and oxygen atoms in total. The van der Waals surface area contributed by atoms with Gasteiger partial charge in [0.05, 0.1) is 6.20 Å². The highest BCUT2D eigenvalue weighted by Crippen LogP contribution is 2.18. The van der Waals surface area contributed by atoms with Crippen LogP contribution in [0.15, 0.2) is 42.3 Å². The van der Waals surface area contributed by atoms with E-state index >= 15 is 0 Å². The quantitative estimate of drug-likeness (QED) is 0.458. The summed E-state index contributed by atoms with van der Waals surface area (Å²) in [4.78, 5) is 8.05. The van der Waals surface area contributed by atoms with Crippen molar-refractivity contribution in [1.82, 2.24) is 15.3 Å². The van der Waals surface area contributed by atoms with Gasteiger partial charge in [0.2, 0.25) is 0 Å². The molecule has 0 amide bonds. The van der Waals surface area contributed by atoms with Crippen molar-refractivity contribution in [3.05, 3.63) is 48.0 Å². The number of nitrogens with zero attached hydrogens (tertiary/aromatic N) is 2. The Kier molecular flexibility index (Phi) is 2.05. The van der Waals surface area contributed by atoms with Gasteiger partial charge in [-0.3, -0.25) is 9.97 Å². The third-order valence-electron chi connectivity index (χ3n) is 2.05. The van der Waals surface area contributed by atoms with E-state index in [0.717, 1.165) is 0 Å². The van der Waals surface area contributed by atoms with Crippen molar-refractivity contribution in [1.29, 1.82) is 0 Å². The molecule has 78 valence electrons. The third-order valence-corrected chi connectivity index (χ3v) is 2.05. The molecule has 0 bridgehead atoms. The first-order valence-corrected chi connectivity index (χ1v) is 4.39. The third kappa shape index (κ3) is 1.75. The smallest absolute Gasteiger partial charge is 0.154 e. The fourth-order valence-corrected chi connectivity index (χ4v) is 1.45. The lowest BCUT2D eigenvalue weighted by Gasteiger charge is -2.30. The molecule has 6 heteroatoms. The van der Waals surface area contributed by atoms with Crippen molar-refractivity contribution in [3.8, 4) is 0 Å². The van der Waals surface area contributed by atoms with Crippen LogP contribution >= 0.6 is 0 Å². The van der Waals surface area contributed by atoms with Crippen LogP contribution in [0.25, 0.3) is 0 Å². The zero-order chi connectivity index (χ0) is 10.9. The molecule has 0 saturated heterocycles. The summed E-state index contributed by atoms with van der Waals surface area (Å²) in [5.41, 5.74) is 17.5. The van der Waals surface area contributed by atoms with Gasteiger partial charge >= 0.3 is 0 Å². The first-order chi connectivity index (χ1) is 7.10. The summed E-state index contributed by atoms with van der Waals surface area (Å²) in [5.74, 6) is 0.406. The van der Waals surface area contributed by atoms with Crippen molar-refractivity contribution >= 4 is 0 Å². The largest absolute Gasteiger partial charge is 0.399 e. The van der Waals surface area contributed by atoms with E-state index in [1.165, 1.54) is 0 Å². The van der Waals surface area contributed by atoms with Crippen LogP contribution < -0.4 is 22.5 Å². The number of rotatable bonds is 1. The molecule has 1 aromatic rings. The Morgan fingerprint density at radius 3 is 2.67 bits per heavy atom. The highest BCUT2D eigenvalue weighted by Gasteiger charge is 2.29. The molecule has 15 heavy (non-hydrogen) atoms. The molecular weight excluding hydrogens is 192 g/mol. The van der Waals surface area contributed by atoms with Crippen molar-refractivity contribution in [2.75, 3.05) is 0 Å². The molecule has 1 unspecified atom stereocenters. The SMILES string of the molecule is NC1=CC(N)(c2cnccn2)NC(N)=C1. The predicted octanol–water partition coefficient (Wildman–Crippen LogP) is -1.17. The molecule has 1 aliphatic rings. The monoisotopic (exact) mass is 204 g/mol. The van der Waals surface area contributed by atoms with Crippen molar-refractivity contribution < 1.29 is 0 Å². The normalized spacial score (nSPS) is 25.1. The molecule has 0 spiro atoms. The lowest BCUT2D eigenvalue weighted by molar-refractivity contribution is 0.451. The van der Waals surface area contributed by atoms with E-state index in [2.05, 4.69) is 15.3 Å². The van der Waals surface area contributed by atoms with Crippen LogP contribution in [-0.2, 0) is 5.66 Å². The maximum atomic E-state index is 6.07. The topological polar surface area (TPSA) is 116 Å². The van der Waals surface area contributed by atoms with Gasteiger partial charge in [0.1, 0.15) is 11.5 Å². The van der Waals surface area contributed by atoms with E-state index < -0.39 is 5.66 Å². The molecule has 0 aliphatic carbocycles. The molecule has 0 saturated carbocycles. The van der Waals surface area contributed by atoms with Crippen molar-refractivity contribution in [2.45, 2.75) is 5.66 Å². The Hall–Kier alpha value is -2.08. The van der Waals surface area contributed by atoms with Crippen LogP contribution in [0, 0.1) is 0 Å². The molecule has 2 rings (SSSR count). The van der Waals surface area contributed by atoms with Crippen LogP contribution in [0.5, 0.6) is 0 Å². The van der Waals surface area contributed by atoms with Gasteiger partial charge in [0, 0.05) is 24.2 Å². The molecule has 1 aromatic heterocycles. The molecule has 7 N–H and O–H groups in total. The van der Waals surface area contributed by atoms with Gasteiger partial charge < -0.3 is 22.5 Å². The average Bonchev–Trinajstić information content (AvgIpc) is 2.17. The molecular formula is C9H12N6. The molecule has 1 atom stereocenters. The zero-order valence-corrected chi connectivity index (χ0v) is 8.01. The van der Waals surface area contributed by atoms with Gasteiger partial charge in [0.15, 0.2) is 5.66 Å². The van der Waals surface area contributed by atoms with E-state index in [4.69, 9.17) is 17.2 Å². The van der Waals surface area contributed by atoms with Crippen LogP contribution in [0.3, 0.4) is 0 Å². The molecule has 2 heterocycles. The van der Waals surface area contributed by atoms with Crippen LogP contribution in [-0.4, -0.2) is 9.97 Å². The summed E-state index contributed by atoms with van der Waals surface area (Å²) >= 11 is 0. The maximum absolute atomic E-state index is 6.07. The fourth-order valence-electron chi connectivity index (χ4n) is 1.45. The van der Waals surface area contributed by atoms with Gasteiger partial charge in [-0.05, 0) is 6.08 Å². The number of hydrogen-bond donors (Lipinski definition) is 4.